The van der Waals surface area contributed by atoms with E-state index in [4.69, 9.17) is 4.74 Å². The molecular formula is C22H32O5. The Morgan fingerprint density at radius 1 is 1.26 bits per heavy atom. The standard InChI is InChI=1S/C22H32O5/c1-4-5-6-7-8-9-17(24)13-20-19-14-27-18(10-15(2)23)11-16(19)12-21(25)22(20,3)26/h11-12,14-15,20,23,26H,4-10,13H2,1-3H3/t15?,20-,22-/m1/s1. The molecule has 0 aromatic carbocycles. The predicted octanol–water partition coefficient (Wildman–Crippen LogP) is 3.75. The Morgan fingerprint density at radius 2 is 1.96 bits per heavy atom. The molecule has 1 heterocycles. The van der Waals surface area contributed by atoms with Crippen molar-refractivity contribution in [2.45, 2.75) is 83.8 Å². The minimum absolute atomic E-state index is 0.0606. The summed E-state index contributed by atoms with van der Waals surface area (Å²) in [5.74, 6) is -0.386. The van der Waals surface area contributed by atoms with Crippen LogP contribution in [0.1, 0.15) is 72.1 Å². The number of fused-ring (bicyclic) bond motifs is 1. The second-order valence-electron chi connectivity index (χ2n) is 7.93. The highest BCUT2D eigenvalue weighted by atomic mass is 16.5. The fourth-order valence-electron chi connectivity index (χ4n) is 3.63. The number of ether oxygens (including phenoxy) is 1. The molecule has 2 N–H and O–H groups in total. The molecule has 1 aliphatic carbocycles. The van der Waals surface area contributed by atoms with E-state index in [0.29, 0.717) is 29.7 Å². The lowest BCUT2D eigenvalue weighted by atomic mass is 9.70. The van der Waals surface area contributed by atoms with E-state index in [1.54, 1.807) is 13.0 Å². The van der Waals surface area contributed by atoms with Crippen LogP contribution in [0.5, 0.6) is 0 Å². The van der Waals surface area contributed by atoms with E-state index >= 15 is 0 Å². The quantitative estimate of drug-likeness (QED) is 0.567. The van der Waals surface area contributed by atoms with Crippen LogP contribution in [0.4, 0.5) is 0 Å². The smallest absolute Gasteiger partial charge is 0.188 e. The number of hydrogen-bond donors (Lipinski definition) is 2. The zero-order valence-electron chi connectivity index (χ0n) is 16.7. The summed E-state index contributed by atoms with van der Waals surface area (Å²) in [6, 6.07) is 0. The van der Waals surface area contributed by atoms with Gasteiger partial charge in [-0.15, -0.1) is 0 Å². The third kappa shape index (κ3) is 5.63. The molecule has 0 saturated carbocycles. The Balaban J connectivity index is 2.07. The Morgan fingerprint density at radius 3 is 2.63 bits per heavy atom. The molecule has 0 radical (unpaired) electrons. The molecule has 1 aliphatic heterocycles. The van der Waals surface area contributed by atoms with Crippen LogP contribution in [0.3, 0.4) is 0 Å². The molecule has 2 aliphatic rings. The summed E-state index contributed by atoms with van der Waals surface area (Å²) in [5, 5.41) is 20.3. The Kier molecular flexibility index (Phi) is 7.57. The second-order valence-corrected chi connectivity index (χ2v) is 7.93. The van der Waals surface area contributed by atoms with Gasteiger partial charge in [0.25, 0.3) is 0 Å². The highest BCUT2D eigenvalue weighted by molar-refractivity contribution is 6.01. The van der Waals surface area contributed by atoms with Gasteiger partial charge in [-0.25, -0.2) is 0 Å². The number of aliphatic hydroxyl groups is 2. The number of aliphatic hydroxyl groups excluding tert-OH is 1. The van der Waals surface area contributed by atoms with Crippen LogP contribution in [0.2, 0.25) is 0 Å². The average Bonchev–Trinajstić information content (AvgIpc) is 2.58. The van der Waals surface area contributed by atoms with Crippen LogP contribution in [-0.2, 0) is 14.3 Å². The van der Waals surface area contributed by atoms with Gasteiger partial charge in [0.1, 0.15) is 17.1 Å². The molecule has 5 nitrogen and oxygen atoms in total. The largest absolute Gasteiger partial charge is 0.469 e. The van der Waals surface area contributed by atoms with Crippen molar-refractivity contribution >= 4 is 11.6 Å². The van der Waals surface area contributed by atoms with Crippen molar-refractivity contribution in [3.05, 3.63) is 35.3 Å². The minimum Gasteiger partial charge on any atom is -0.469 e. The highest BCUT2D eigenvalue weighted by Gasteiger charge is 2.45. The van der Waals surface area contributed by atoms with Crippen LogP contribution in [0.25, 0.3) is 0 Å². The van der Waals surface area contributed by atoms with Gasteiger partial charge in [-0.05, 0) is 38.0 Å². The second kappa shape index (κ2) is 9.47. The summed E-state index contributed by atoms with van der Waals surface area (Å²) in [4.78, 5) is 24.9. The first-order chi connectivity index (χ1) is 12.8. The lowest BCUT2D eigenvalue weighted by Gasteiger charge is -2.37. The summed E-state index contributed by atoms with van der Waals surface area (Å²) in [6.07, 6.45) is 10.4. The summed E-state index contributed by atoms with van der Waals surface area (Å²) in [7, 11) is 0. The number of allylic oxidation sites excluding steroid dienone is 2. The van der Waals surface area contributed by atoms with Gasteiger partial charge >= 0.3 is 0 Å². The van der Waals surface area contributed by atoms with Crippen molar-refractivity contribution in [3.63, 3.8) is 0 Å². The van der Waals surface area contributed by atoms with Gasteiger partial charge in [0, 0.05) is 30.8 Å². The number of ketones is 2. The summed E-state index contributed by atoms with van der Waals surface area (Å²) in [5.41, 5.74) is -0.283. The first-order valence-corrected chi connectivity index (χ1v) is 10.0. The molecule has 27 heavy (non-hydrogen) atoms. The maximum atomic E-state index is 12.5. The van der Waals surface area contributed by atoms with Gasteiger partial charge in [-0.2, -0.15) is 0 Å². The molecule has 150 valence electrons. The number of rotatable bonds is 10. The Bertz CT molecular complexity index is 652. The zero-order chi connectivity index (χ0) is 20.0. The van der Waals surface area contributed by atoms with E-state index in [9.17, 15) is 19.8 Å². The summed E-state index contributed by atoms with van der Waals surface area (Å²) < 4.78 is 5.59. The molecule has 0 aromatic heterocycles. The van der Waals surface area contributed by atoms with Gasteiger partial charge in [0.05, 0.1) is 12.4 Å². The monoisotopic (exact) mass is 376 g/mol. The number of hydrogen-bond acceptors (Lipinski definition) is 5. The van der Waals surface area contributed by atoms with Gasteiger partial charge in [-0.1, -0.05) is 32.6 Å². The van der Waals surface area contributed by atoms with Crippen molar-refractivity contribution in [1.82, 2.24) is 0 Å². The first kappa shape index (κ1) is 21.6. The Labute approximate surface area is 161 Å². The molecule has 0 fully saturated rings. The molecule has 0 bridgehead atoms. The molecule has 3 atom stereocenters. The molecular weight excluding hydrogens is 344 g/mol. The van der Waals surface area contributed by atoms with Crippen molar-refractivity contribution in [1.29, 1.82) is 0 Å². The van der Waals surface area contributed by atoms with E-state index in [2.05, 4.69) is 6.92 Å². The van der Waals surface area contributed by atoms with Crippen LogP contribution < -0.4 is 0 Å². The first-order valence-electron chi connectivity index (χ1n) is 10.0. The van der Waals surface area contributed by atoms with E-state index in [1.165, 1.54) is 25.7 Å². The lowest BCUT2D eigenvalue weighted by Crippen LogP contribution is -2.47. The number of carbonyl (C=O) groups is 2. The van der Waals surface area contributed by atoms with Gasteiger partial charge in [-0.3, -0.25) is 9.59 Å². The summed E-state index contributed by atoms with van der Waals surface area (Å²) in [6.45, 7) is 5.29. The number of unbranched alkanes of at least 4 members (excludes halogenated alkanes) is 4. The van der Waals surface area contributed by atoms with E-state index in [1.807, 2.05) is 0 Å². The molecule has 0 spiro atoms. The summed E-state index contributed by atoms with van der Waals surface area (Å²) >= 11 is 0. The normalized spacial score (nSPS) is 25.7. The van der Waals surface area contributed by atoms with Gasteiger partial charge in [0.2, 0.25) is 0 Å². The fourth-order valence-corrected chi connectivity index (χ4v) is 3.63. The van der Waals surface area contributed by atoms with E-state index < -0.39 is 23.4 Å². The van der Waals surface area contributed by atoms with Crippen molar-refractivity contribution in [3.8, 4) is 0 Å². The maximum Gasteiger partial charge on any atom is 0.188 e. The highest BCUT2D eigenvalue weighted by Crippen LogP contribution is 2.41. The lowest BCUT2D eigenvalue weighted by molar-refractivity contribution is -0.137. The molecule has 1 unspecified atom stereocenters. The third-order valence-electron chi connectivity index (χ3n) is 5.31. The van der Waals surface area contributed by atoms with Crippen LogP contribution in [0, 0.1) is 5.92 Å². The predicted molar refractivity (Wildman–Crippen MR) is 104 cm³/mol. The minimum atomic E-state index is -1.62. The molecule has 2 rings (SSSR count). The molecule has 0 saturated heterocycles. The van der Waals surface area contributed by atoms with Crippen LogP contribution >= 0.6 is 0 Å². The number of Topliss-reactive ketones (excluding diaryl/α,β-unsaturated/α-hetero) is 1. The van der Waals surface area contributed by atoms with Crippen LogP contribution in [0.15, 0.2) is 35.3 Å². The van der Waals surface area contributed by atoms with E-state index in [-0.39, 0.29) is 12.2 Å². The molecule has 0 aromatic rings. The number of carbonyl (C=O) groups excluding carboxylic acids is 2. The van der Waals surface area contributed by atoms with Crippen molar-refractivity contribution < 1.29 is 24.5 Å². The zero-order valence-corrected chi connectivity index (χ0v) is 16.7. The third-order valence-corrected chi connectivity index (χ3v) is 5.31. The Hall–Kier alpha value is -1.72. The van der Waals surface area contributed by atoms with Crippen molar-refractivity contribution in [2.24, 2.45) is 5.92 Å². The average molecular weight is 376 g/mol. The molecule has 0 amide bonds. The van der Waals surface area contributed by atoms with E-state index in [0.717, 1.165) is 25.7 Å². The van der Waals surface area contributed by atoms with Crippen molar-refractivity contribution in [2.75, 3.05) is 0 Å². The topological polar surface area (TPSA) is 83.8 Å². The SMILES string of the molecule is CCCCCCCC(=O)C[C@@H]1C2=COC(CC(C)O)=CC2=CC(=O)[C@]1(C)O. The van der Waals surface area contributed by atoms with Gasteiger partial charge in [0.15, 0.2) is 5.78 Å². The van der Waals surface area contributed by atoms with Crippen LogP contribution in [-0.4, -0.2) is 33.5 Å². The fraction of sp³-hybridized carbons (Fsp3) is 0.636. The van der Waals surface area contributed by atoms with Gasteiger partial charge < -0.3 is 14.9 Å². The molecule has 5 heteroatoms. The maximum absolute atomic E-state index is 12.5.